The number of nitrogens with zero attached hydrogens (tertiary/aromatic N) is 1. The highest BCUT2D eigenvalue weighted by atomic mass is 16.4. The molecule has 4 heteroatoms. The van der Waals surface area contributed by atoms with Gasteiger partial charge in [-0.05, 0) is 31.2 Å². The van der Waals surface area contributed by atoms with Gasteiger partial charge in [0.05, 0.1) is 6.42 Å². The van der Waals surface area contributed by atoms with Gasteiger partial charge < -0.3 is 10.0 Å². The van der Waals surface area contributed by atoms with Crippen molar-refractivity contribution < 1.29 is 14.7 Å². The largest absolute Gasteiger partial charge is 0.481 e. The van der Waals surface area contributed by atoms with Crippen molar-refractivity contribution in [3.63, 3.8) is 0 Å². The Morgan fingerprint density at radius 3 is 2.90 bits per heavy atom. The minimum Gasteiger partial charge on any atom is -0.481 e. The molecule has 0 bridgehead atoms. The van der Waals surface area contributed by atoms with Gasteiger partial charge >= 0.3 is 5.97 Å². The van der Waals surface area contributed by atoms with Gasteiger partial charge in [0.15, 0.2) is 0 Å². The zero-order valence-electron chi connectivity index (χ0n) is 11.8. The number of aryl methyl sites for hydroxylation is 1. The quantitative estimate of drug-likeness (QED) is 0.896. The topological polar surface area (TPSA) is 57.6 Å². The van der Waals surface area contributed by atoms with E-state index < -0.39 is 5.97 Å². The van der Waals surface area contributed by atoms with Gasteiger partial charge in [0.25, 0.3) is 0 Å². The third kappa shape index (κ3) is 4.08. The minimum absolute atomic E-state index is 0.147. The predicted molar refractivity (Wildman–Crippen MR) is 76.4 cm³/mol. The highest BCUT2D eigenvalue weighted by Crippen LogP contribution is 2.21. The van der Waals surface area contributed by atoms with E-state index in [1.807, 2.05) is 36.1 Å². The summed E-state index contributed by atoms with van der Waals surface area (Å²) in [6.07, 6.45) is 2.23. The summed E-state index contributed by atoms with van der Waals surface area (Å²) in [6, 6.07) is 8.00. The normalized spacial score (nSPS) is 18.2. The first-order valence-electron chi connectivity index (χ1n) is 7.09. The molecule has 1 fully saturated rings. The maximum Gasteiger partial charge on any atom is 0.303 e. The van der Waals surface area contributed by atoms with Crippen molar-refractivity contribution in [2.75, 3.05) is 13.1 Å². The zero-order valence-corrected chi connectivity index (χ0v) is 11.8. The molecule has 1 saturated heterocycles. The molecule has 0 saturated carbocycles. The van der Waals surface area contributed by atoms with Crippen LogP contribution in [0.1, 0.15) is 30.4 Å². The monoisotopic (exact) mass is 275 g/mol. The number of benzene rings is 1. The number of likely N-dealkylation sites (tertiary alicyclic amines) is 1. The number of hydrogen-bond donors (Lipinski definition) is 1. The maximum atomic E-state index is 12.2. The van der Waals surface area contributed by atoms with Gasteiger partial charge in [0.2, 0.25) is 5.91 Å². The molecule has 1 heterocycles. The summed E-state index contributed by atoms with van der Waals surface area (Å²) in [7, 11) is 0. The zero-order chi connectivity index (χ0) is 14.5. The molecule has 0 spiro atoms. The number of carbonyl (C=O) groups excluding carboxylic acids is 1. The molecule has 1 atom stereocenters. The van der Waals surface area contributed by atoms with E-state index in [-0.39, 0.29) is 12.3 Å². The lowest BCUT2D eigenvalue weighted by atomic mass is 10.0. The Morgan fingerprint density at radius 1 is 1.40 bits per heavy atom. The van der Waals surface area contributed by atoms with E-state index in [9.17, 15) is 9.59 Å². The number of amides is 1. The molecule has 20 heavy (non-hydrogen) atoms. The Morgan fingerprint density at radius 2 is 2.20 bits per heavy atom. The van der Waals surface area contributed by atoms with Crippen molar-refractivity contribution in [3.05, 3.63) is 35.4 Å². The van der Waals surface area contributed by atoms with Crippen LogP contribution < -0.4 is 0 Å². The SMILES string of the molecule is Cc1cccc(CC(=O)N2CCC(CCC(=O)O)C2)c1. The molecule has 0 aliphatic carbocycles. The summed E-state index contributed by atoms with van der Waals surface area (Å²) in [5.74, 6) is -0.268. The van der Waals surface area contributed by atoms with Crippen LogP contribution in [0.25, 0.3) is 0 Å². The molecule has 1 unspecified atom stereocenters. The van der Waals surface area contributed by atoms with Crippen molar-refractivity contribution in [2.45, 2.75) is 32.6 Å². The lowest BCUT2D eigenvalue weighted by molar-refractivity contribution is -0.137. The van der Waals surface area contributed by atoms with Crippen molar-refractivity contribution in [2.24, 2.45) is 5.92 Å². The van der Waals surface area contributed by atoms with Crippen molar-refractivity contribution >= 4 is 11.9 Å². The lowest BCUT2D eigenvalue weighted by Gasteiger charge is -2.16. The summed E-state index contributed by atoms with van der Waals surface area (Å²) in [6.45, 7) is 3.48. The first-order valence-corrected chi connectivity index (χ1v) is 7.09. The van der Waals surface area contributed by atoms with Crippen LogP contribution in [0.5, 0.6) is 0 Å². The molecule has 0 aromatic heterocycles. The molecular formula is C16H21NO3. The summed E-state index contributed by atoms with van der Waals surface area (Å²) in [5, 5.41) is 8.69. The van der Waals surface area contributed by atoms with E-state index >= 15 is 0 Å². The van der Waals surface area contributed by atoms with Crippen LogP contribution >= 0.6 is 0 Å². The fraction of sp³-hybridized carbons (Fsp3) is 0.500. The molecule has 0 radical (unpaired) electrons. The van der Waals surface area contributed by atoms with Crippen LogP contribution in [0.15, 0.2) is 24.3 Å². The summed E-state index contributed by atoms with van der Waals surface area (Å²) in [5.41, 5.74) is 2.21. The van der Waals surface area contributed by atoms with Crippen LogP contribution in [-0.4, -0.2) is 35.0 Å². The van der Waals surface area contributed by atoms with Crippen LogP contribution in [0.3, 0.4) is 0 Å². The molecular weight excluding hydrogens is 254 g/mol. The van der Waals surface area contributed by atoms with Crippen LogP contribution in [-0.2, 0) is 16.0 Å². The Balaban J connectivity index is 1.83. The molecule has 1 aliphatic rings. The molecule has 1 N–H and O–H groups in total. The van der Waals surface area contributed by atoms with E-state index in [2.05, 4.69) is 0 Å². The van der Waals surface area contributed by atoms with Crippen LogP contribution in [0.4, 0.5) is 0 Å². The molecule has 4 nitrogen and oxygen atoms in total. The van der Waals surface area contributed by atoms with Crippen molar-refractivity contribution in [3.8, 4) is 0 Å². The second-order valence-electron chi connectivity index (χ2n) is 5.59. The molecule has 2 rings (SSSR count). The third-order valence-corrected chi connectivity index (χ3v) is 3.84. The Kier molecular flexibility index (Phi) is 4.77. The molecule has 1 aromatic carbocycles. The maximum absolute atomic E-state index is 12.2. The Hall–Kier alpha value is -1.84. The van der Waals surface area contributed by atoms with Crippen molar-refractivity contribution in [1.29, 1.82) is 0 Å². The fourth-order valence-corrected chi connectivity index (χ4v) is 2.73. The van der Waals surface area contributed by atoms with Gasteiger partial charge in [-0.3, -0.25) is 9.59 Å². The summed E-state index contributed by atoms with van der Waals surface area (Å²) in [4.78, 5) is 24.7. The molecule has 1 amide bonds. The average molecular weight is 275 g/mol. The second kappa shape index (κ2) is 6.55. The van der Waals surface area contributed by atoms with E-state index in [1.165, 1.54) is 0 Å². The van der Waals surface area contributed by atoms with Crippen LogP contribution in [0.2, 0.25) is 0 Å². The summed E-state index contributed by atoms with van der Waals surface area (Å²) >= 11 is 0. The number of aliphatic carboxylic acids is 1. The third-order valence-electron chi connectivity index (χ3n) is 3.84. The number of carbonyl (C=O) groups is 2. The summed E-state index contributed by atoms with van der Waals surface area (Å²) < 4.78 is 0. The number of hydrogen-bond acceptors (Lipinski definition) is 2. The first-order chi connectivity index (χ1) is 9.54. The smallest absolute Gasteiger partial charge is 0.303 e. The van der Waals surface area contributed by atoms with Gasteiger partial charge in [0, 0.05) is 19.5 Å². The van der Waals surface area contributed by atoms with Gasteiger partial charge in [-0.1, -0.05) is 29.8 Å². The fourth-order valence-electron chi connectivity index (χ4n) is 2.73. The minimum atomic E-state index is -0.755. The number of carboxylic acids is 1. The van der Waals surface area contributed by atoms with E-state index in [0.29, 0.717) is 25.3 Å². The number of rotatable bonds is 5. The highest BCUT2D eigenvalue weighted by Gasteiger charge is 2.26. The Bertz CT molecular complexity index is 498. The second-order valence-corrected chi connectivity index (χ2v) is 5.59. The van der Waals surface area contributed by atoms with Crippen LogP contribution in [0, 0.1) is 12.8 Å². The average Bonchev–Trinajstić information content (AvgIpc) is 2.85. The van der Waals surface area contributed by atoms with Gasteiger partial charge in [-0.25, -0.2) is 0 Å². The molecule has 108 valence electrons. The highest BCUT2D eigenvalue weighted by molar-refractivity contribution is 5.79. The van der Waals surface area contributed by atoms with Gasteiger partial charge in [0.1, 0.15) is 0 Å². The predicted octanol–water partition coefficient (Wildman–Crippen LogP) is 2.25. The van der Waals surface area contributed by atoms with Crippen molar-refractivity contribution in [1.82, 2.24) is 4.90 Å². The standard InChI is InChI=1S/C16H21NO3/c1-12-3-2-4-14(9-12)10-15(18)17-8-7-13(11-17)5-6-16(19)20/h2-4,9,13H,5-8,10-11H2,1H3,(H,19,20). The van der Waals surface area contributed by atoms with E-state index in [0.717, 1.165) is 24.1 Å². The van der Waals surface area contributed by atoms with Gasteiger partial charge in [-0.15, -0.1) is 0 Å². The first kappa shape index (κ1) is 14.6. The molecule has 1 aliphatic heterocycles. The Labute approximate surface area is 119 Å². The van der Waals surface area contributed by atoms with E-state index in [4.69, 9.17) is 5.11 Å². The lowest BCUT2D eigenvalue weighted by Crippen LogP contribution is -2.30. The number of carboxylic acid groups (broad SMARTS) is 1. The van der Waals surface area contributed by atoms with E-state index in [1.54, 1.807) is 0 Å². The van der Waals surface area contributed by atoms with Gasteiger partial charge in [-0.2, -0.15) is 0 Å². The molecule has 1 aromatic rings.